The van der Waals surface area contributed by atoms with E-state index in [1.54, 1.807) is 36.4 Å². The Morgan fingerprint density at radius 2 is 1.81 bits per heavy atom. The topological polar surface area (TPSA) is 84.2 Å². The molecule has 26 heavy (non-hydrogen) atoms. The number of nitrogens with zero attached hydrogens (tertiary/aromatic N) is 1. The Bertz CT molecular complexity index is 941. The van der Waals surface area contributed by atoms with Gasteiger partial charge in [-0.05, 0) is 29.8 Å². The summed E-state index contributed by atoms with van der Waals surface area (Å²) in [5.74, 6) is -1.48. The van der Waals surface area contributed by atoms with E-state index in [4.69, 9.17) is 16.1 Å². The molecule has 2 N–H and O–H groups in total. The van der Waals surface area contributed by atoms with E-state index < -0.39 is 17.6 Å². The zero-order chi connectivity index (χ0) is 18.5. The van der Waals surface area contributed by atoms with Gasteiger partial charge < -0.3 is 4.52 Å². The number of nitrogens with one attached hydrogen (secondary N) is 2. The van der Waals surface area contributed by atoms with Gasteiger partial charge in [0.1, 0.15) is 5.82 Å². The van der Waals surface area contributed by atoms with Crippen molar-refractivity contribution in [1.82, 2.24) is 16.0 Å². The Labute approximate surface area is 152 Å². The minimum atomic E-state index is -0.680. The highest BCUT2D eigenvalue weighted by Gasteiger charge is 2.16. The van der Waals surface area contributed by atoms with Gasteiger partial charge in [-0.3, -0.25) is 20.4 Å². The summed E-state index contributed by atoms with van der Waals surface area (Å²) in [6, 6.07) is 14.0. The van der Waals surface area contributed by atoms with Gasteiger partial charge in [0, 0.05) is 11.1 Å². The summed E-state index contributed by atoms with van der Waals surface area (Å²) in [7, 11) is 0. The molecule has 1 heterocycles. The van der Waals surface area contributed by atoms with E-state index in [1.165, 1.54) is 18.2 Å². The van der Waals surface area contributed by atoms with Crippen LogP contribution in [0.5, 0.6) is 0 Å². The number of halogens is 2. The van der Waals surface area contributed by atoms with Gasteiger partial charge >= 0.3 is 0 Å². The van der Waals surface area contributed by atoms with E-state index in [1.807, 2.05) is 0 Å². The van der Waals surface area contributed by atoms with Gasteiger partial charge in [0.05, 0.1) is 12.0 Å². The molecule has 0 atom stereocenters. The molecule has 0 saturated carbocycles. The smallest absolute Gasteiger partial charge is 0.291 e. The average Bonchev–Trinajstić information content (AvgIpc) is 3.12. The van der Waals surface area contributed by atoms with Crippen molar-refractivity contribution >= 4 is 23.4 Å². The first-order valence-electron chi connectivity index (χ1n) is 7.58. The third kappa shape index (κ3) is 4.25. The summed E-state index contributed by atoms with van der Waals surface area (Å²) in [5, 5.41) is 4.15. The Kier molecular flexibility index (Phi) is 5.28. The molecule has 0 spiro atoms. The molecule has 3 rings (SSSR count). The zero-order valence-electron chi connectivity index (χ0n) is 13.3. The SMILES string of the molecule is O=C(Cc1ccc(Cl)cc1)NNC(=O)c1cc(-c2ccccc2F)on1. The van der Waals surface area contributed by atoms with Crippen molar-refractivity contribution in [3.63, 3.8) is 0 Å². The molecule has 0 unspecified atom stereocenters. The number of benzene rings is 2. The molecule has 2 amide bonds. The molecular formula is C18H13ClFN3O3. The van der Waals surface area contributed by atoms with E-state index in [-0.39, 0.29) is 23.4 Å². The third-order valence-corrected chi connectivity index (χ3v) is 3.73. The molecule has 0 aliphatic carbocycles. The lowest BCUT2D eigenvalue weighted by Crippen LogP contribution is -2.42. The second kappa shape index (κ2) is 7.79. The highest BCUT2D eigenvalue weighted by molar-refractivity contribution is 6.30. The van der Waals surface area contributed by atoms with Crippen LogP contribution in [0.3, 0.4) is 0 Å². The lowest BCUT2D eigenvalue weighted by atomic mass is 10.1. The molecule has 0 saturated heterocycles. The number of aromatic nitrogens is 1. The molecule has 3 aromatic rings. The maximum absolute atomic E-state index is 13.7. The molecule has 1 aromatic heterocycles. The number of amides is 2. The summed E-state index contributed by atoms with van der Waals surface area (Å²) in [5.41, 5.74) is 5.34. The van der Waals surface area contributed by atoms with Crippen molar-refractivity contribution in [3.05, 3.63) is 76.7 Å². The second-order valence-electron chi connectivity index (χ2n) is 5.36. The minimum Gasteiger partial charge on any atom is -0.355 e. The van der Waals surface area contributed by atoms with Crippen LogP contribution in [0.1, 0.15) is 16.1 Å². The summed E-state index contributed by atoms with van der Waals surface area (Å²) in [4.78, 5) is 23.9. The summed E-state index contributed by atoms with van der Waals surface area (Å²) < 4.78 is 18.7. The molecule has 2 aromatic carbocycles. The van der Waals surface area contributed by atoms with Crippen LogP contribution < -0.4 is 10.9 Å². The van der Waals surface area contributed by atoms with Crippen LogP contribution in [0.25, 0.3) is 11.3 Å². The normalized spacial score (nSPS) is 10.4. The fourth-order valence-electron chi connectivity index (χ4n) is 2.19. The van der Waals surface area contributed by atoms with Gasteiger partial charge in [0.25, 0.3) is 5.91 Å². The first-order chi connectivity index (χ1) is 12.5. The van der Waals surface area contributed by atoms with E-state index in [9.17, 15) is 14.0 Å². The lowest BCUT2D eigenvalue weighted by molar-refractivity contribution is -0.121. The van der Waals surface area contributed by atoms with Crippen LogP contribution in [0.4, 0.5) is 4.39 Å². The maximum atomic E-state index is 13.7. The number of carbonyl (C=O) groups is 2. The number of hydrazine groups is 1. The van der Waals surface area contributed by atoms with E-state index in [0.29, 0.717) is 5.02 Å². The van der Waals surface area contributed by atoms with Crippen molar-refractivity contribution in [3.8, 4) is 11.3 Å². The van der Waals surface area contributed by atoms with Crippen LogP contribution in [-0.2, 0) is 11.2 Å². The third-order valence-electron chi connectivity index (χ3n) is 3.48. The minimum absolute atomic E-state index is 0.0662. The summed E-state index contributed by atoms with van der Waals surface area (Å²) >= 11 is 5.78. The van der Waals surface area contributed by atoms with Crippen LogP contribution in [-0.4, -0.2) is 17.0 Å². The Morgan fingerprint density at radius 3 is 2.54 bits per heavy atom. The van der Waals surface area contributed by atoms with Crippen LogP contribution >= 0.6 is 11.6 Å². The lowest BCUT2D eigenvalue weighted by Gasteiger charge is -2.05. The maximum Gasteiger partial charge on any atom is 0.291 e. The summed E-state index contributed by atoms with van der Waals surface area (Å²) in [6.45, 7) is 0. The Hall–Kier alpha value is -3.19. The molecule has 0 bridgehead atoms. The number of carbonyl (C=O) groups excluding carboxylic acids is 2. The monoisotopic (exact) mass is 373 g/mol. The summed E-state index contributed by atoms with van der Waals surface area (Å²) in [6.07, 6.45) is 0.0662. The van der Waals surface area contributed by atoms with E-state index >= 15 is 0 Å². The first-order valence-corrected chi connectivity index (χ1v) is 7.96. The molecule has 0 radical (unpaired) electrons. The van der Waals surface area contributed by atoms with Crippen molar-refractivity contribution in [2.75, 3.05) is 0 Å². The quantitative estimate of drug-likeness (QED) is 0.688. The van der Waals surface area contributed by atoms with Crippen LogP contribution in [0.15, 0.2) is 59.1 Å². The molecule has 6 nitrogen and oxygen atoms in total. The molecule has 8 heteroatoms. The van der Waals surface area contributed by atoms with Crippen molar-refractivity contribution < 1.29 is 18.5 Å². The molecule has 0 aliphatic rings. The predicted molar refractivity (Wildman–Crippen MR) is 92.7 cm³/mol. The predicted octanol–water partition coefficient (Wildman–Crippen LogP) is 3.14. The number of hydrogen-bond donors (Lipinski definition) is 2. The highest BCUT2D eigenvalue weighted by atomic mass is 35.5. The molecule has 132 valence electrons. The van der Waals surface area contributed by atoms with Crippen molar-refractivity contribution in [1.29, 1.82) is 0 Å². The van der Waals surface area contributed by atoms with E-state index in [2.05, 4.69) is 16.0 Å². The fourth-order valence-corrected chi connectivity index (χ4v) is 2.32. The van der Waals surface area contributed by atoms with Gasteiger partial charge in [-0.25, -0.2) is 4.39 Å². The Morgan fingerprint density at radius 1 is 1.08 bits per heavy atom. The van der Waals surface area contributed by atoms with Gasteiger partial charge in [-0.1, -0.05) is 41.0 Å². The number of hydrogen-bond acceptors (Lipinski definition) is 4. The van der Waals surface area contributed by atoms with Gasteiger partial charge in [-0.2, -0.15) is 0 Å². The largest absolute Gasteiger partial charge is 0.355 e. The molecular weight excluding hydrogens is 361 g/mol. The first kappa shape index (κ1) is 17.6. The van der Waals surface area contributed by atoms with Crippen molar-refractivity contribution in [2.45, 2.75) is 6.42 Å². The fraction of sp³-hybridized carbons (Fsp3) is 0.0556. The van der Waals surface area contributed by atoms with Gasteiger partial charge in [-0.15, -0.1) is 0 Å². The zero-order valence-corrected chi connectivity index (χ0v) is 14.1. The van der Waals surface area contributed by atoms with Crippen molar-refractivity contribution in [2.24, 2.45) is 0 Å². The average molecular weight is 374 g/mol. The van der Waals surface area contributed by atoms with Gasteiger partial charge in [0.15, 0.2) is 11.5 Å². The molecule has 0 aliphatic heterocycles. The highest BCUT2D eigenvalue weighted by Crippen LogP contribution is 2.23. The molecule has 0 fully saturated rings. The van der Waals surface area contributed by atoms with Crippen LogP contribution in [0.2, 0.25) is 5.02 Å². The van der Waals surface area contributed by atoms with Gasteiger partial charge in [0.2, 0.25) is 5.91 Å². The van der Waals surface area contributed by atoms with E-state index in [0.717, 1.165) is 5.56 Å². The Balaban J connectivity index is 1.58. The number of rotatable bonds is 4. The second-order valence-corrected chi connectivity index (χ2v) is 5.80. The standard InChI is InChI=1S/C18H13ClFN3O3/c19-12-7-5-11(6-8-12)9-17(24)21-22-18(25)15-10-16(26-23-15)13-3-1-2-4-14(13)20/h1-8,10H,9H2,(H,21,24)(H,22,25). The van der Waals surface area contributed by atoms with Crippen LogP contribution in [0, 0.1) is 5.82 Å².